The SMILES string of the molecule is CN(C)C(=O)c1nn2c(c1Cl)CN(c1nc(OC[C@@]34CCCN3CC(F)C4)nc(N3CCC(C)(c4csc(N)c4C#N)C3)c1C#N)CCC2. The molecule has 3 aromatic heterocycles. The lowest BCUT2D eigenvalue weighted by atomic mass is 9.81. The molecule has 0 saturated carbocycles. The van der Waals surface area contributed by atoms with Gasteiger partial charge in [-0.25, -0.2) is 4.39 Å². The quantitative estimate of drug-likeness (QED) is 0.379. The Labute approximate surface area is 293 Å². The Morgan fingerprint density at radius 1 is 1.14 bits per heavy atom. The number of carbonyl (C=O) groups excluding carboxylic acids is 1. The second-order valence-electron chi connectivity index (χ2n) is 14.0. The molecule has 1 amide bonds. The molecule has 4 aliphatic rings. The number of ether oxygens (including phenoxy) is 1. The second kappa shape index (κ2) is 12.6. The summed E-state index contributed by atoms with van der Waals surface area (Å²) in [5, 5.41) is 27.8. The fourth-order valence-electron chi connectivity index (χ4n) is 7.99. The third kappa shape index (κ3) is 5.71. The van der Waals surface area contributed by atoms with Gasteiger partial charge in [0.2, 0.25) is 0 Å². The average molecular weight is 708 g/mol. The Balaban J connectivity index is 1.27. The number of alkyl halides is 1. The van der Waals surface area contributed by atoms with Crippen LogP contribution in [0.5, 0.6) is 6.01 Å². The van der Waals surface area contributed by atoms with Gasteiger partial charge in [0.1, 0.15) is 35.5 Å². The number of rotatable bonds is 7. The highest BCUT2D eigenvalue weighted by Gasteiger charge is 2.49. The van der Waals surface area contributed by atoms with E-state index in [1.807, 2.05) is 10.3 Å². The van der Waals surface area contributed by atoms with E-state index in [-0.39, 0.29) is 35.8 Å². The molecule has 4 aliphatic heterocycles. The summed E-state index contributed by atoms with van der Waals surface area (Å²) in [6, 6.07) is 4.78. The topological polar surface area (TPSA) is 156 Å². The van der Waals surface area contributed by atoms with Crippen molar-refractivity contribution in [3.05, 3.63) is 38.5 Å². The number of aromatic nitrogens is 4. The van der Waals surface area contributed by atoms with Crippen LogP contribution >= 0.6 is 22.9 Å². The Morgan fingerprint density at radius 3 is 2.63 bits per heavy atom. The van der Waals surface area contributed by atoms with Crippen molar-refractivity contribution in [3.63, 3.8) is 0 Å². The second-order valence-corrected chi connectivity index (χ2v) is 15.3. The van der Waals surface area contributed by atoms with Crippen LogP contribution in [0.25, 0.3) is 0 Å². The van der Waals surface area contributed by atoms with Crippen LogP contribution in [0, 0.1) is 22.7 Å². The van der Waals surface area contributed by atoms with Crippen LogP contribution in [0.15, 0.2) is 5.38 Å². The number of fused-ring (bicyclic) bond motifs is 2. The van der Waals surface area contributed by atoms with Crippen molar-refractivity contribution in [2.24, 2.45) is 0 Å². The van der Waals surface area contributed by atoms with E-state index >= 15 is 0 Å². The summed E-state index contributed by atoms with van der Waals surface area (Å²) in [6.07, 6.45) is 2.69. The number of thiophene rings is 1. The summed E-state index contributed by atoms with van der Waals surface area (Å²) in [4.78, 5) is 30.2. The first kappa shape index (κ1) is 33.3. The molecule has 2 N–H and O–H groups in total. The van der Waals surface area contributed by atoms with Crippen molar-refractivity contribution in [2.75, 3.05) is 69.0 Å². The first-order valence-corrected chi connectivity index (χ1v) is 17.8. The zero-order chi connectivity index (χ0) is 34.7. The molecule has 2 unspecified atom stereocenters. The number of aryl methyl sites for hydroxylation is 1. The van der Waals surface area contributed by atoms with Crippen LogP contribution in [0.3, 0.4) is 0 Å². The highest BCUT2D eigenvalue weighted by Crippen LogP contribution is 2.44. The monoisotopic (exact) mass is 707 g/mol. The molecule has 3 aromatic rings. The maximum absolute atomic E-state index is 14.6. The largest absolute Gasteiger partial charge is 0.461 e. The Bertz CT molecular complexity index is 1880. The summed E-state index contributed by atoms with van der Waals surface area (Å²) in [5.74, 6) is 0.549. The van der Waals surface area contributed by atoms with Crippen LogP contribution in [-0.4, -0.2) is 101 Å². The number of halogens is 2. The number of nitriles is 2. The van der Waals surface area contributed by atoms with Gasteiger partial charge in [-0.15, -0.1) is 11.3 Å². The number of anilines is 3. The highest BCUT2D eigenvalue weighted by molar-refractivity contribution is 7.14. The van der Waals surface area contributed by atoms with E-state index < -0.39 is 17.1 Å². The Morgan fingerprint density at radius 2 is 1.90 bits per heavy atom. The number of amides is 1. The molecule has 0 bridgehead atoms. The minimum absolute atomic E-state index is 0.117. The van der Waals surface area contributed by atoms with E-state index in [1.165, 1.54) is 16.2 Å². The lowest BCUT2D eigenvalue weighted by Crippen LogP contribution is -2.43. The maximum Gasteiger partial charge on any atom is 0.320 e. The standard InChI is InChI=1S/C33H39ClFN11O2S/c1-32(23-17-49-27(38)21(23)13-36)7-11-44(18-32)29-22(14-37)28(39-31(40-29)48-19-33-6-4-9-45(33)15-20(35)12-33)43-8-5-10-46-24(16-43)25(34)26(41-46)30(47)42(2)3/h17,20H,4-12,15-16,18-19,38H2,1-3H3/t20?,32?,33-/m0/s1. The lowest BCUT2D eigenvalue weighted by Gasteiger charge is -2.31. The first-order chi connectivity index (χ1) is 23.5. The van der Waals surface area contributed by atoms with Gasteiger partial charge >= 0.3 is 6.01 Å². The van der Waals surface area contributed by atoms with Gasteiger partial charge in [0.15, 0.2) is 17.3 Å². The van der Waals surface area contributed by atoms with Crippen molar-refractivity contribution < 1.29 is 13.9 Å². The van der Waals surface area contributed by atoms with Gasteiger partial charge in [0, 0.05) is 58.7 Å². The summed E-state index contributed by atoms with van der Waals surface area (Å²) < 4.78 is 22.8. The first-order valence-electron chi connectivity index (χ1n) is 16.6. The molecule has 13 nitrogen and oxygen atoms in total. The van der Waals surface area contributed by atoms with Crippen molar-refractivity contribution in [3.8, 4) is 18.1 Å². The predicted molar refractivity (Wildman–Crippen MR) is 184 cm³/mol. The molecule has 0 radical (unpaired) electrons. The van der Waals surface area contributed by atoms with Gasteiger partial charge in [-0.3, -0.25) is 14.4 Å². The molecule has 3 atom stereocenters. The number of hydrogen-bond donors (Lipinski definition) is 1. The van der Waals surface area contributed by atoms with Gasteiger partial charge in [0.25, 0.3) is 5.91 Å². The van der Waals surface area contributed by atoms with E-state index in [9.17, 15) is 19.7 Å². The van der Waals surface area contributed by atoms with Gasteiger partial charge in [-0.1, -0.05) is 18.5 Å². The molecule has 3 saturated heterocycles. The number of nitrogens with zero attached hydrogens (tertiary/aromatic N) is 10. The summed E-state index contributed by atoms with van der Waals surface area (Å²) >= 11 is 8.15. The van der Waals surface area contributed by atoms with Gasteiger partial charge in [-0.2, -0.15) is 25.6 Å². The predicted octanol–water partition coefficient (Wildman–Crippen LogP) is 3.95. The molecule has 49 heavy (non-hydrogen) atoms. The Kier molecular flexibility index (Phi) is 8.58. The smallest absolute Gasteiger partial charge is 0.320 e. The summed E-state index contributed by atoms with van der Waals surface area (Å²) in [5.41, 5.74) is 7.85. The molecular formula is C33H39ClFN11O2S. The lowest BCUT2D eigenvalue weighted by molar-refractivity contribution is 0.0821. The third-order valence-electron chi connectivity index (χ3n) is 10.6. The molecule has 7 heterocycles. The average Bonchev–Trinajstić information content (AvgIpc) is 3.86. The highest BCUT2D eigenvalue weighted by atomic mass is 35.5. The summed E-state index contributed by atoms with van der Waals surface area (Å²) in [7, 11) is 3.31. The molecular weight excluding hydrogens is 669 g/mol. The van der Waals surface area contributed by atoms with Crippen molar-refractivity contribution in [1.82, 2.24) is 29.5 Å². The van der Waals surface area contributed by atoms with Crippen molar-refractivity contribution in [2.45, 2.75) is 69.2 Å². The van der Waals surface area contributed by atoms with Crippen molar-refractivity contribution >= 4 is 45.5 Å². The number of nitrogens with two attached hydrogens (primary N) is 1. The fourth-order valence-corrected chi connectivity index (χ4v) is 9.19. The van der Waals surface area contributed by atoms with E-state index in [0.717, 1.165) is 31.4 Å². The van der Waals surface area contributed by atoms with Gasteiger partial charge in [-0.05, 0) is 43.2 Å². The Hall–Kier alpha value is -4.18. The van der Waals surface area contributed by atoms with E-state index in [0.29, 0.717) is 79.0 Å². The molecule has 0 aliphatic carbocycles. The number of hydrogen-bond acceptors (Lipinski definition) is 12. The maximum atomic E-state index is 14.6. The van der Waals surface area contributed by atoms with Crippen LogP contribution in [-0.2, 0) is 18.5 Å². The minimum Gasteiger partial charge on any atom is -0.461 e. The number of carbonyl (C=O) groups is 1. The van der Waals surface area contributed by atoms with Crippen LogP contribution in [0.1, 0.15) is 71.9 Å². The van der Waals surface area contributed by atoms with Crippen LogP contribution < -0.4 is 20.3 Å². The summed E-state index contributed by atoms with van der Waals surface area (Å²) in [6.45, 7) is 5.99. The van der Waals surface area contributed by atoms with E-state index in [2.05, 4.69) is 34.0 Å². The van der Waals surface area contributed by atoms with E-state index in [1.54, 1.807) is 18.8 Å². The zero-order valence-corrected chi connectivity index (χ0v) is 29.4. The van der Waals surface area contributed by atoms with E-state index in [4.69, 9.17) is 32.0 Å². The molecule has 0 spiro atoms. The molecule has 3 fully saturated rings. The zero-order valence-electron chi connectivity index (χ0n) is 27.9. The normalized spacial score (nSPS) is 25.1. The molecule has 7 rings (SSSR count). The minimum atomic E-state index is -0.903. The van der Waals surface area contributed by atoms with Crippen LogP contribution in [0.2, 0.25) is 5.02 Å². The molecule has 258 valence electrons. The fraction of sp³-hybridized carbons (Fsp3) is 0.576. The molecule has 16 heteroatoms. The molecule has 0 aromatic carbocycles. The van der Waals surface area contributed by atoms with Crippen LogP contribution in [0.4, 0.5) is 21.0 Å². The number of nitrogen functional groups attached to an aromatic ring is 1. The third-order valence-corrected chi connectivity index (χ3v) is 11.8. The van der Waals surface area contributed by atoms with Crippen molar-refractivity contribution in [1.29, 1.82) is 10.5 Å². The van der Waals surface area contributed by atoms with Gasteiger partial charge < -0.3 is 25.2 Å². The van der Waals surface area contributed by atoms with Gasteiger partial charge in [0.05, 0.1) is 28.4 Å².